The first kappa shape index (κ1) is 14.1. The maximum atomic E-state index is 13.0. The van der Waals surface area contributed by atoms with Gasteiger partial charge >= 0.3 is 5.97 Å². The van der Waals surface area contributed by atoms with Crippen molar-refractivity contribution in [1.82, 2.24) is 24.8 Å². The van der Waals surface area contributed by atoms with Gasteiger partial charge in [0.05, 0.1) is 17.9 Å². The van der Waals surface area contributed by atoms with Crippen LogP contribution in [0.5, 0.6) is 0 Å². The molecule has 2 aromatic heterocycles. The highest BCUT2D eigenvalue weighted by atomic mass is 19.3. The van der Waals surface area contributed by atoms with E-state index in [2.05, 4.69) is 15.4 Å². The molecule has 1 N–H and O–H groups in total. The van der Waals surface area contributed by atoms with Crippen LogP contribution in [0.1, 0.15) is 40.9 Å². The number of hydrogen-bond donors (Lipinski definition) is 1. The molecule has 9 heteroatoms. The third-order valence-corrected chi connectivity index (χ3v) is 2.88. The van der Waals surface area contributed by atoms with E-state index in [0.29, 0.717) is 12.1 Å². The summed E-state index contributed by atoms with van der Waals surface area (Å²) < 4.78 is 28.4. The largest absolute Gasteiger partial charge is 0.476 e. The molecule has 0 fully saturated rings. The average molecular weight is 285 g/mol. The van der Waals surface area contributed by atoms with E-state index in [0.717, 1.165) is 10.4 Å². The van der Waals surface area contributed by atoms with Gasteiger partial charge in [-0.3, -0.25) is 4.68 Å². The number of carboxylic acids is 1. The molecule has 0 saturated heterocycles. The summed E-state index contributed by atoms with van der Waals surface area (Å²) in [4.78, 5) is 10.8. The summed E-state index contributed by atoms with van der Waals surface area (Å²) in [6.07, 6.45) is -2.25. The molecule has 7 nitrogen and oxygen atoms in total. The second kappa shape index (κ2) is 5.35. The molecule has 2 aromatic rings. The number of aryl methyl sites for hydroxylation is 2. The molecular formula is C11H13F2N5O2. The van der Waals surface area contributed by atoms with Crippen LogP contribution < -0.4 is 0 Å². The van der Waals surface area contributed by atoms with Crippen molar-refractivity contribution >= 4 is 5.97 Å². The highest BCUT2D eigenvalue weighted by molar-refractivity contribution is 5.86. The summed E-state index contributed by atoms with van der Waals surface area (Å²) in [5.41, 5.74) is 0.0416. The lowest BCUT2D eigenvalue weighted by atomic mass is 10.3. The topological polar surface area (TPSA) is 85.8 Å². The molecular weight excluding hydrogens is 272 g/mol. The van der Waals surface area contributed by atoms with Gasteiger partial charge in [-0.1, -0.05) is 12.1 Å². The van der Waals surface area contributed by atoms with Gasteiger partial charge in [0.15, 0.2) is 5.69 Å². The van der Waals surface area contributed by atoms with Crippen molar-refractivity contribution in [3.8, 4) is 0 Å². The zero-order valence-corrected chi connectivity index (χ0v) is 10.9. The molecule has 2 heterocycles. The number of halogens is 2. The lowest BCUT2D eigenvalue weighted by Gasteiger charge is -2.06. The number of carboxylic acid groups (broad SMARTS) is 1. The number of aromatic carboxylic acids is 1. The zero-order valence-electron chi connectivity index (χ0n) is 10.9. The Morgan fingerprint density at radius 3 is 2.70 bits per heavy atom. The minimum Gasteiger partial charge on any atom is -0.476 e. The number of aromatic nitrogens is 5. The fourth-order valence-corrected chi connectivity index (χ4v) is 1.85. The fraction of sp³-hybridized carbons (Fsp3) is 0.455. The smallest absolute Gasteiger partial charge is 0.358 e. The Labute approximate surface area is 112 Å². The monoisotopic (exact) mass is 285 g/mol. The molecule has 20 heavy (non-hydrogen) atoms. The van der Waals surface area contributed by atoms with Gasteiger partial charge in [-0.15, -0.1) is 5.10 Å². The van der Waals surface area contributed by atoms with Crippen LogP contribution in [0.4, 0.5) is 8.78 Å². The molecule has 0 aliphatic heterocycles. The van der Waals surface area contributed by atoms with Crippen molar-refractivity contribution in [2.45, 2.75) is 26.3 Å². The number of alkyl halides is 2. The molecule has 0 atom stereocenters. The van der Waals surface area contributed by atoms with Crippen LogP contribution >= 0.6 is 0 Å². The predicted molar refractivity (Wildman–Crippen MR) is 63.6 cm³/mol. The summed E-state index contributed by atoms with van der Waals surface area (Å²) in [5.74, 6) is -1.52. The zero-order chi connectivity index (χ0) is 14.9. The van der Waals surface area contributed by atoms with Gasteiger partial charge in [0.25, 0.3) is 6.43 Å². The highest BCUT2D eigenvalue weighted by Crippen LogP contribution is 2.22. The fourth-order valence-electron chi connectivity index (χ4n) is 1.85. The van der Waals surface area contributed by atoms with E-state index in [1.165, 1.54) is 0 Å². The number of carbonyl (C=O) groups is 1. The lowest BCUT2D eigenvalue weighted by Crippen LogP contribution is -2.12. The Hall–Kier alpha value is -2.32. The Balaban J connectivity index is 2.38. The molecule has 0 radical (unpaired) electrons. The maximum Gasteiger partial charge on any atom is 0.358 e. The van der Waals surface area contributed by atoms with Crippen molar-refractivity contribution in [3.05, 3.63) is 28.8 Å². The first-order valence-electron chi connectivity index (χ1n) is 5.90. The van der Waals surface area contributed by atoms with E-state index in [1.807, 2.05) is 6.92 Å². The minimum absolute atomic E-state index is 0.0105. The second-order valence-corrected chi connectivity index (χ2v) is 4.19. The number of hydrogen-bond acceptors (Lipinski definition) is 4. The van der Waals surface area contributed by atoms with Crippen molar-refractivity contribution in [1.29, 1.82) is 0 Å². The highest BCUT2D eigenvalue weighted by Gasteiger charge is 2.26. The van der Waals surface area contributed by atoms with E-state index < -0.39 is 23.8 Å². The van der Waals surface area contributed by atoms with Crippen molar-refractivity contribution in [2.75, 3.05) is 0 Å². The summed E-state index contributed by atoms with van der Waals surface area (Å²) in [6.45, 7) is 1.91. The number of rotatable bonds is 5. The van der Waals surface area contributed by atoms with Gasteiger partial charge in [0.1, 0.15) is 5.69 Å². The molecule has 108 valence electrons. The van der Waals surface area contributed by atoms with E-state index in [4.69, 9.17) is 5.11 Å². The van der Waals surface area contributed by atoms with Gasteiger partial charge in [-0.2, -0.15) is 5.10 Å². The first-order chi connectivity index (χ1) is 9.43. The van der Waals surface area contributed by atoms with Crippen LogP contribution in [0.2, 0.25) is 0 Å². The standard InChI is InChI=1S/C11H13F2N5O2/c1-3-6-4-7(17(2)15-6)5-18-9(10(12)13)8(11(19)20)14-16-18/h4,10H,3,5H2,1-2H3,(H,19,20). The van der Waals surface area contributed by atoms with E-state index in [1.54, 1.807) is 17.8 Å². The Kier molecular flexibility index (Phi) is 3.77. The third-order valence-electron chi connectivity index (χ3n) is 2.88. The van der Waals surface area contributed by atoms with Crippen molar-refractivity contribution in [2.24, 2.45) is 7.05 Å². The summed E-state index contributed by atoms with van der Waals surface area (Å²) in [5, 5.41) is 19.8. The quantitative estimate of drug-likeness (QED) is 0.893. The normalized spacial score (nSPS) is 11.2. The first-order valence-corrected chi connectivity index (χ1v) is 5.90. The van der Waals surface area contributed by atoms with E-state index in [9.17, 15) is 13.6 Å². The molecule has 0 amide bonds. The Bertz CT molecular complexity index is 635. The van der Waals surface area contributed by atoms with Crippen molar-refractivity contribution in [3.63, 3.8) is 0 Å². The molecule has 0 saturated carbocycles. The van der Waals surface area contributed by atoms with Crippen LogP contribution in [0.3, 0.4) is 0 Å². The molecule has 0 bridgehead atoms. The average Bonchev–Trinajstić information content (AvgIpc) is 2.94. The minimum atomic E-state index is -2.96. The third kappa shape index (κ3) is 2.51. The second-order valence-electron chi connectivity index (χ2n) is 4.19. The molecule has 2 rings (SSSR count). The van der Waals surface area contributed by atoms with Gasteiger partial charge < -0.3 is 5.11 Å². The van der Waals surface area contributed by atoms with Gasteiger partial charge in [-0.05, 0) is 12.5 Å². The van der Waals surface area contributed by atoms with Gasteiger partial charge in [0, 0.05) is 7.05 Å². The Morgan fingerprint density at radius 1 is 1.50 bits per heavy atom. The SMILES string of the molecule is CCc1cc(Cn2nnc(C(=O)O)c2C(F)F)n(C)n1. The number of nitrogens with zero attached hydrogens (tertiary/aromatic N) is 5. The molecule has 0 aromatic carbocycles. The maximum absolute atomic E-state index is 13.0. The molecule has 0 unspecified atom stereocenters. The van der Waals surface area contributed by atoms with E-state index in [-0.39, 0.29) is 6.54 Å². The predicted octanol–water partition coefficient (Wildman–Crippen LogP) is 1.26. The van der Waals surface area contributed by atoms with Gasteiger partial charge in [0.2, 0.25) is 0 Å². The van der Waals surface area contributed by atoms with Crippen LogP contribution in [-0.4, -0.2) is 35.9 Å². The van der Waals surface area contributed by atoms with Crippen molar-refractivity contribution < 1.29 is 18.7 Å². The van der Waals surface area contributed by atoms with Gasteiger partial charge in [-0.25, -0.2) is 18.3 Å². The lowest BCUT2D eigenvalue weighted by molar-refractivity contribution is 0.0675. The Morgan fingerprint density at radius 2 is 2.20 bits per heavy atom. The van der Waals surface area contributed by atoms with Crippen LogP contribution in [0, 0.1) is 0 Å². The summed E-state index contributed by atoms with van der Waals surface area (Å²) >= 11 is 0. The summed E-state index contributed by atoms with van der Waals surface area (Å²) in [6, 6.07) is 1.76. The van der Waals surface area contributed by atoms with Crippen LogP contribution in [0.15, 0.2) is 6.07 Å². The van der Waals surface area contributed by atoms with Crippen LogP contribution in [0.25, 0.3) is 0 Å². The summed E-state index contributed by atoms with van der Waals surface area (Å²) in [7, 11) is 1.69. The molecule has 0 aliphatic rings. The van der Waals surface area contributed by atoms with Crippen LogP contribution in [-0.2, 0) is 20.0 Å². The molecule has 0 aliphatic carbocycles. The van der Waals surface area contributed by atoms with E-state index >= 15 is 0 Å². The molecule has 0 spiro atoms.